The number of nitrogens with two attached hydrogens (primary N) is 1. The minimum atomic E-state index is -4.35. The van der Waals surface area contributed by atoms with Crippen molar-refractivity contribution < 1.29 is 17.9 Å². The van der Waals surface area contributed by atoms with Crippen molar-refractivity contribution >= 4 is 5.96 Å². The summed E-state index contributed by atoms with van der Waals surface area (Å²) in [7, 11) is 0. The summed E-state index contributed by atoms with van der Waals surface area (Å²) in [5, 5.41) is 0. The van der Waals surface area contributed by atoms with Crippen LogP contribution in [0, 0.1) is 0 Å². The fourth-order valence-electron chi connectivity index (χ4n) is 2.16. The van der Waals surface area contributed by atoms with Gasteiger partial charge in [0.05, 0.1) is 25.7 Å². The Bertz CT molecular complexity index is 470. The van der Waals surface area contributed by atoms with Crippen LogP contribution < -0.4 is 5.73 Å². The van der Waals surface area contributed by atoms with E-state index < -0.39 is 18.6 Å². The van der Waals surface area contributed by atoms with Crippen molar-refractivity contribution in [3.63, 3.8) is 0 Å². The summed E-state index contributed by atoms with van der Waals surface area (Å²) in [6.45, 7) is 1.72. The Morgan fingerprint density at radius 3 is 2.43 bits per heavy atom. The molecule has 0 radical (unpaired) electrons. The van der Waals surface area contributed by atoms with E-state index >= 15 is 0 Å². The molecule has 7 heteroatoms. The summed E-state index contributed by atoms with van der Waals surface area (Å²) in [6.07, 6.45) is -4.35. The van der Waals surface area contributed by atoms with Gasteiger partial charge < -0.3 is 15.4 Å². The zero-order chi connectivity index (χ0) is 15.3. The molecule has 0 saturated carbocycles. The van der Waals surface area contributed by atoms with Crippen LogP contribution in [-0.4, -0.2) is 49.9 Å². The van der Waals surface area contributed by atoms with E-state index in [-0.39, 0.29) is 11.5 Å². The van der Waals surface area contributed by atoms with Crippen molar-refractivity contribution in [2.24, 2.45) is 10.7 Å². The van der Waals surface area contributed by atoms with E-state index in [1.54, 1.807) is 23.1 Å². The molecule has 1 aliphatic rings. The summed E-state index contributed by atoms with van der Waals surface area (Å²) in [6, 6.07) is 7.77. The molecule has 1 unspecified atom stereocenters. The van der Waals surface area contributed by atoms with Crippen molar-refractivity contribution in [3.8, 4) is 0 Å². The van der Waals surface area contributed by atoms with Crippen LogP contribution in [0.25, 0.3) is 0 Å². The quantitative estimate of drug-likeness (QED) is 0.686. The van der Waals surface area contributed by atoms with E-state index in [9.17, 15) is 13.2 Å². The molecule has 0 aliphatic carbocycles. The minimum Gasteiger partial charge on any atom is -0.378 e. The molecule has 1 saturated heterocycles. The molecule has 0 amide bonds. The van der Waals surface area contributed by atoms with Crippen LogP contribution in [0.5, 0.6) is 0 Å². The third-order valence-corrected chi connectivity index (χ3v) is 3.37. The van der Waals surface area contributed by atoms with Crippen LogP contribution in [0.1, 0.15) is 11.5 Å². The lowest BCUT2D eigenvalue weighted by Gasteiger charge is -2.28. The molecule has 1 fully saturated rings. The van der Waals surface area contributed by atoms with E-state index in [1.807, 2.05) is 0 Å². The Labute approximate surface area is 121 Å². The molecule has 1 aromatic rings. The molecule has 0 aromatic heterocycles. The average Bonchev–Trinajstić information content (AvgIpc) is 2.48. The maximum absolute atomic E-state index is 13.2. The number of alkyl halides is 3. The standard InChI is InChI=1S/C14H18F3N3O/c15-14(16,17)12(11-4-2-1-3-5-11)10-19-13(18)20-6-8-21-9-7-20/h1-5,12H,6-10H2,(H2,18,19). The highest BCUT2D eigenvalue weighted by molar-refractivity contribution is 5.78. The van der Waals surface area contributed by atoms with Crippen LogP contribution in [0.15, 0.2) is 35.3 Å². The highest BCUT2D eigenvalue weighted by Gasteiger charge is 2.40. The van der Waals surface area contributed by atoms with E-state index in [0.29, 0.717) is 26.3 Å². The van der Waals surface area contributed by atoms with Crippen molar-refractivity contribution in [1.29, 1.82) is 0 Å². The number of halogens is 3. The lowest BCUT2D eigenvalue weighted by Crippen LogP contribution is -2.45. The van der Waals surface area contributed by atoms with Gasteiger partial charge in [0.2, 0.25) is 0 Å². The number of morpholine rings is 1. The van der Waals surface area contributed by atoms with Crippen molar-refractivity contribution in [1.82, 2.24) is 4.90 Å². The van der Waals surface area contributed by atoms with Gasteiger partial charge in [-0.3, -0.25) is 4.99 Å². The number of benzene rings is 1. The first kappa shape index (κ1) is 15.6. The molecule has 1 heterocycles. The van der Waals surface area contributed by atoms with E-state index in [2.05, 4.69) is 4.99 Å². The largest absolute Gasteiger partial charge is 0.397 e. The molecule has 1 aromatic carbocycles. The predicted molar refractivity (Wildman–Crippen MR) is 74.1 cm³/mol. The van der Waals surface area contributed by atoms with Gasteiger partial charge in [-0.15, -0.1) is 0 Å². The van der Waals surface area contributed by atoms with Gasteiger partial charge in [-0.1, -0.05) is 30.3 Å². The van der Waals surface area contributed by atoms with Crippen LogP contribution in [0.3, 0.4) is 0 Å². The number of nitrogens with zero attached hydrogens (tertiary/aromatic N) is 2. The maximum atomic E-state index is 13.2. The summed E-state index contributed by atoms with van der Waals surface area (Å²) in [5.41, 5.74) is 5.97. The van der Waals surface area contributed by atoms with E-state index in [1.165, 1.54) is 12.1 Å². The number of aliphatic imine (C=N–C) groups is 1. The number of hydrogen-bond acceptors (Lipinski definition) is 2. The monoisotopic (exact) mass is 301 g/mol. The number of ether oxygens (including phenoxy) is 1. The maximum Gasteiger partial charge on any atom is 0.397 e. The van der Waals surface area contributed by atoms with Crippen LogP contribution in [0.4, 0.5) is 13.2 Å². The smallest absolute Gasteiger partial charge is 0.378 e. The fraction of sp³-hybridized carbons (Fsp3) is 0.500. The predicted octanol–water partition coefficient (Wildman–Crippen LogP) is 1.98. The van der Waals surface area contributed by atoms with E-state index in [0.717, 1.165) is 0 Å². The molecular weight excluding hydrogens is 283 g/mol. The number of rotatable bonds is 3. The summed E-state index contributed by atoms with van der Waals surface area (Å²) in [4.78, 5) is 5.67. The minimum absolute atomic E-state index is 0.142. The molecule has 1 aliphatic heterocycles. The van der Waals surface area contributed by atoms with Crippen molar-refractivity contribution in [3.05, 3.63) is 35.9 Å². The molecule has 0 spiro atoms. The molecule has 4 nitrogen and oxygen atoms in total. The van der Waals surface area contributed by atoms with Gasteiger partial charge in [0.25, 0.3) is 0 Å². The highest BCUT2D eigenvalue weighted by atomic mass is 19.4. The Kier molecular flexibility index (Phi) is 5.06. The van der Waals surface area contributed by atoms with Crippen molar-refractivity contribution in [2.75, 3.05) is 32.8 Å². The van der Waals surface area contributed by atoms with Gasteiger partial charge >= 0.3 is 6.18 Å². The van der Waals surface area contributed by atoms with E-state index in [4.69, 9.17) is 10.5 Å². The fourth-order valence-corrected chi connectivity index (χ4v) is 2.16. The second-order valence-electron chi connectivity index (χ2n) is 4.80. The first-order valence-corrected chi connectivity index (χ1v) is 6.73. The Hall–Kier alpha value is -1.76. The summed E-state index contributed by atoms with van der Waals surface area (Å²) in [5.74, 6) is -1.50. The first-order valence-electron chi connectivity index (χ1n) is 6.73. The third kappa shape index (κ3) is 4.35. The SMILES string of the molecule is NC(=NCC(c1ccccc1)C(F)(F)F)N1CCOCC1. The molecule has 1 atom stereocenters. The molecule has 0 bridgehead atoms. The molecule has 2 N–H and O–H groups in total. The number of hydrogen-bond donors (Lipinski definition) is 1. The number of guanidine groups is 1. The Morgan fingerprint density at radius 2 is 1.86 bits per heavy atom. The van der Waals surface area contributed by atoms with Gasteiger partial charge in [-0.25, -0.2) is 0 Å². The summed E-state index contributed by atoms with van der Waals surface area (Å²) >= 11 is 0. The van der Waals surface area contributed by atoms with Gasteiger partial charge in [-0.2, -0.15) is 13.2 Å². The zero-order valence-corrected chi connectivity index (χ0v) is 11.5. The zero-order valence-electron chi connectivity index (χ0n) is 11.5. The van der Waals surface area contributed by atoms with Gasteiger partial charge in [0.1, 0.15) is 0 Å². The molecule has 116 valence electrons. The van der Waals surface area contributed by atoms with Gasteiger partial charge in [0.15, 0.2) is 5.96 Å². The molecule has 2 rings (SSSR count). The van der Waals surface area contributed by atoms with Gasteiger partial charge in [-0.05, 0) is 5.56 Å². The third-order valence-electron chi connectivity index (χ3n) is 3.37. The topological polar surface area (TPSA) is 50.8 Å². The lowest BCUT2D eigenvalue weighted by atomic mass is 9.99. The van der Waals surface area contributed by atoms with Crippen molar-refractivity contribution in [2.45, 2.75) is 12.1 Å². The second kappa shape index (κ2) is 6.80. The normalized spacial score (nSPS) is 18.6. The highest BCUT2D eigenvalue weighted by Crippen LogP contribution is 2.34. The first-order chi connectivity index (χ1) is 9.98. The van der Waals surface area contributed by atoms with Crippen LogP contribution in [0.2, 0.25) is 0 Å². The second-order valence-corrected chi connectivity index (χ2v) is 4.80. The average molecular weight is 301 g/mol. The Morgan fingerprint density at radius 1 is 1.24 bits per heavy atom. The van der Waals surface area contributed by atoms with Crippen LogP contribution >= 0.6 is 0 Å². The lowest BCUT2D eigenvalue weighted by molar-refractivity contribution is -0.148. The van der Waals surface area contributed by atoms with Crippen LogP contribution in [-0.2, 0) is 4.74 Å². The van der Waals surface area contributed by atoms with Gasteiger partial charge in [0, 0.05) is 13.1 Å². The molecule has 21 heavy (non-hydrogen) atoms. The summed E-state index contributed by atoms with van der Waals surface area (Å²) < 4.78 is 44.6. The molecular formula is C14H18F3N3O. The Balaban J connectivity index is 2.09.